The number of nitrogens with zero attached hydrogens (tertiary/aromatic N) is 3. The van der Waals surface area contributed by atoms with Gasteiger partial charge in [-0.2, -0.15) is 0 Å². The second kappa shape index (κ2) is 6.71. The van der Waals surface area contributed by atoms with Crippen LogP contribution in [0.1, 0.15) is 24.8 Å². The maximum absolute atomic E-state index is 10.9. The van der Waals surface area contributed by atoms with Crippen molar-refractivity contribution in [2.24, 2.45) is 0 Å². The van der Waals surface area contributed by atoms with E-state index < -0.39 is 30.1 Å². The van der Waals surface area contributed by atoms with E-state index >= 15 is 0 Å². The second-order valence-corrected chi connectivity index (χ2v) is 7.06. The van der Waals surface area contributed by atoms with Crippen LogP contribution < -0.4 is 10.5 Å². The van der Waals surface area contributed by atoms with Gasteiger partial charge < -0.3 is 35.1 Å². The summed E-state index contributed by atoms with van der Waals surface area (Å²) in [5, 5.41) is 33.1. The van der Waals surface area contributed by atoms with Gasteiger partial charge in [-0.3, -0.25) is 0 Å². The van der Waals surface area contributed by atoms with E-state index in [0.29, 0.717) is 28.2 Å². The Labute approximate surface area is 161 Å². The van der Waals surface area contributed by atoms with Gasteiger partial charge in [-0.25, -0.2) is 9.97 Å². The summed E-state index contributed by atoms with van der Waals surface area (Å²) < 4.78 is 12.6. The number of anilines is 1. The summed E-state index contributed by atoms with van der Waals surface area (Å²) in [7, 11) is 1.55. The number of hydrogen-bond acceptors (Lipinski definition) is 8. The number of benzene rings is 1. The first-order valence-corrected chi connectivity index (χ1v) is 8.79. The van der Waals surface area contributed by atoms with Gasteiger partial charge in [0.25, 0.3) is 0 Å². The van der Waals surface area contributed by atoms with Crippen molar-refractivity contribution in [3.63, 3.8) is 0 Å². The molecule has 0 bridgehead atoms. The monoisotopic (exact) mass is 386 g/mol. The topological polar surface area (TPSA) is 136 Å². The zero-order valence-corrected chi connectivity index (χ0v) is 15.4. The molecule has 0 aliphatic carbocycles. The van der Waals surface area contributed by atoms with E-state index in [-0.39, 0.29) is 0 Å². The van der Waals surface area contributed by atoms with Crippen LogP contribution in [-0.4, -0.2) is 54.8 Å². The quantitative estimate of drug-likeness (QED) is 0.516. The van der Waals surface area contributed by atoms with Crippen molar-refractivity contribution in [2.45, 2.75) is 37.1 Å². The third-order valence-electron chi connectivity index (χ3n) is 5.29. The van der Waals surface area contributed by atoms with Gasteiger partial charge in [0.1, 0.15) is 47.5 Å². The molecule has 1 aromatic carbocycles. The number of nitrogen functional groups attached to an aromatic ring is 1. The van der Waals surface area contributed by atoms with Gasteiger partial charge in [-0.1, -0.05) is 12.1 Å². The highest BCUT2D eigenvalue weighted by atomic mass is 16.6. The normalized spacial score (nSPS) is 28.5. The maximum atomic E-state index is 10.9. The number of nitrogens with two attached hydrogens (primary N) is 1. The Morgan fingerprint density at radius 3 is 2.64 bits per heavy atom. The minimum atomic E-state index is -1.71. The maximum Gasteiger partial charge on any atom is 0.164 e. The molecule has 1 aliphatic heterocycles. The van der Waals surface area contributed by atoms with Crippen molar-refractivity contribution >= 4 is 16.9 Å². The van der Waals surface area contributed by atoms with Gasteiger partial charge in [0.15, 0.2) is 6.23 Å². The van der Waals surface area contributed by atoms with Crippen molar-refractivity contribution in [3.05, 3.63) is 48.4 Å². The minimum absolute atomic E-state index is 0.304. The summed E-state index contributed by atoms with van der Waals surface area (Å²) in [6, 6.07) is 8.48. The zero-order valence-electron chi connectivity index (χ0n) is 15.4. The first-order valence-electron chi connectivity index (χ1n) is 8.79. The molecule has 5 N–H and O–H groups in total. The fraction of sp³-hybridized carbons (Fsp3) is 0.368. The molecule has 1 saturated heterocycles. The Balaban J connectivity index is 1.68. The molecule has 0 unspecified atom stereocenters. The lowest BCUT2D eigenvalue weighted by Gasteiger charge is -2.29. The van der Waals surface area contributed by atoms with E-state index in [1.807, 2.05) is 0 Å². The third kappa shape index (κ3) is 2.80. The average molecular weight is 386 g/mol. The van der Waals surface area contributed by atoms with E-state index in [0.717, 1.165) is 0 Å². The highest BCUT2D eigenvalue weighted by Gasteiger charge is 2.55. The van der Waals surface area contributed by atoms with Gasteiger partial charge in [-0.05, 0) is 30.7 Å². The molecular formula is C19H22N4O5. The first kappa shape index (κ1) is 18.6. The fourth-order valence-electron chi connectivity index (χ4n) is 3.60. The van der Waals surface area contributed by atoms with Crippen LogP contribution in [0.4, 0.5) is 5.82 Å². The molecule has 9 nitrogen and oxygen atoms in total. The van der Waals surface area contributed by atoms with Crippen LogP contribution in [0.2, 0.25) is 0 Å². The molecule has 3 heterocycles. The summed E-state index contributed by atoms with van der Waals surface area (Å²) in [5.74, 6) is 0.946. The molecule has 9 heteroatoms. The molecule has 28 heavy (non-hydrogen) atoms. The molecule has 0 spiro atoms. The van der Waals surface area contributed by atoms with Gasteiger partial charge in [0.2, 0.25) is 0 Å². The molecule has 1 fully saturated rings. The van der Waals surface area contributed by atoms with E-state index in [4.69, 9.17) is 15.2 Å². The molecule has 4 rings (SSSR count). The Kier molecular flexibility index (Phi) is 4.47. The number of hydrogen-bond donors (Lipinski definition) is 4. The van der Waals surface area contributed by atoms with Gasteiger partial charge >= 0.3 is 0 Å². The number of rotatable bonds is 4. The summed E-state index contributed by atoms with van der Waals surface area (Å²) in [4.78, 5) is 8.14. The van der Waals surface area contributed by atoms with Crippen molar-refractivity contribution in [1.82, 2.24) is 14.5 Å². The van der Waals surface area contributed by atoms with Crippen molar-refractivity contribution in [1.29, 1.82) is 0 Å². The number of aliphatic hydroxyl groups excluding tert-OH is 2. The molecular weight excluding hydrogens is 364 g/mol. The SMILES string of the molecule is COc1ccc([C@@H](O)[C@H]2O[C@@H](n3ccc4c(N)ncnc43)[C@H](O)[C@]2(C)O)cc1. The summed E-state index contributed by atoms with van der Waals surface area (Å²) >= 11 is 0. The number of fused-ring (bicyclic) bond motifs is 1. The van der Waals surface area contributed by atoms with Crippen LogP contribution in [0, 0.1) is 0 Å². The molecule has 2 aromatic heterocycles. The average Bonchev–Trinajstić information content (AvgIpc) is 3.22. The van der Waals surface area contributed by atoms with Gasteiger partial charge in [0, 0.05) is 6.20 Å². The van der Waals surface area contributed by atoms with Crippen molar-refractivity contribution < 1.29 is 24.8 Å². The van der Waals surface area contributed by atoms with Gasteiger partial charge in [-0.15, -0.1) is 0 Å². The molecule has 5 atom stereocenters. The molecule has 0 radical (unpaired) electrons. The minimum Gasteiger partial charge on any atom is -0.497 e. The van der Waals surface area contributed by atoms with Crippen LogP contribution in [0.25, 0.3) is 11.0 Å². The van der Waals surface area contributed by atoms with Gasteiger partial charge in [0.05, 0.1) is 12.5 Å². The first-order chi connectivity index (χ1) is 13.3. The van der Waals surface area contributed by atoms with Crippen LogP contribution in [-0.2, 0) is 4.74 Å². The summed E-state index contributed by atoms with van der Waals surface area (Å²) in [6.07, 6.45) is -1.53. The number of ether oxygens (including phenoxy) is 2. The van der Waals surface area contributed by atoms with Crippen molar-refractivity contribution in [2.75, 3.05) is 12.8 Å². The van der Waals surface area contributed by atoms with E-state index in [2.05, 4.69) is 9.97 Å². The van der Waals surface area contributed by atoms with E-state index in [1.165, 1.54) is 13.3 Å². The lowest BCUT2D eigenvalue weighted by molar-refractivity contribution is -0.115. The standard InChI is InChI=1S/C19H22N4O5/c1-19(26)14(25)18(23-8-7-12-16(20)21-9-22-17(12)23)28-15(19)13(24)10-3-5-11(27-2)6-4-10/h3-9,13-15,18,24-26H,1-2H3,(H2,20,21,22)/t13-,14+,15-,18-,19+/m1/s1. The Bertz CT molecular complexity index is 988. The van der Waals surface area contributed by atoms with Crippen LogP contribution in [0.5, 0.6) is 5.75 Å². The summed E-state index contributed by atoms with van der Waals surface area (Å²) in [5.41, 5.74) is 5.15. The van der Waals surface area contributed by atoms with E-state index in [1.54, 1.807) is 48.2 Å². The zero-order chi connectivity index (χ0) is 20.1. The number of aromatic nitrogens is 3. The molecule has 1 aliphatic rings. The molecule has 3 aromatic rings. The smallest absolute Gasteiger partial charge is 0.164 e. The van der Waals surface area contributed by atoms with Crippen LogP contribution in [0.15, 0.2) is 42.9 Å². The summed E-state index contributed by atoms with van der Waals surface area (Å²) in [6.45, 7) is 1.43. The predicted molar refractivity (Wildman–Crippen MR) is 100 cm³/mol. The van der Waals surface area contributed by atoms with Crippen LogP contribution in [0.3, 0.4) is 0 Å². The molecule has 148 valence electrons. The predicted octanol–water partition coefficient (Wildman–Crippen LogP) is 0.765. The Morgan fingerprint density at radius 1 is 1.25 bits per heavy atom. The highest BCUT2D eigenvalue weighted by Crippen LogP contribution is 2.43. The van der Waals surface area contributed by atoms with Crippen LogP contribution >= 0.6 is 0 Å². The second-order valence-electron chi connectivity index (χ2n) is 7.06. The lowest BCUT2D eigenvalue weighted by atomic mass is 9.88. The van der Waals surface area contributed by atoms with E-state index in [9.17, 15) is 15.3 Å². The third-order valence-corrected chi connectivity index (χ3v) is 5.29. The Hall–Kier alpha value is -2.72. The molecule has 0 saturated carbocycles. The number of methoxy groups -OCH3 is 1. The fourth-order valence-corrected chi connectivity index (χ4v) is 3.60. The molecule has 0 amide bonds. The Morgan fingerprint density at radius 2 is 1.96 bits per heavy atom. The van der Waals surface area contributed by atoms with Crippen molar-refractivity contribution in [3.8, 4) is 5.75 Å². The number of aliphatic hydroxyl groups is 3. The lowest BCUT2D eigenvalue weighted by Crippen LogP contribution is -2.47. The highest BCUT2D eigenvalue weighted by molar-refractivity contribution is 5.86. The largest absolute Gasteiger partial charge is 0.497 e.